The Hall–Kier alpha value is -3.32. The summed E-state index contributed by atoms with van der Waals surface area (Å²) in [5, 5.41) is 4.22. The largest absolute Gasteiger partial charge is 0.497 e. The van der Waals surface area contributed by atoms with Crippen molar-refractivity contribution >= 4 is 22.7 Å². The highest BCUT2D eigenvalue weighted by molar-refractivity contribution is 5.98. The lowest BCUT2D eigenvalue weighted by Gasteiger charge is -2.42. The molecule has 3 heterocycles. The molecule has 0 radical (unpaired) electrons. The van der Waals surface area contributed by atoms with E-state index in [9.17, 15) is 9.59 Å². The first kappa shape index (κ1) is 26.3. The number of H-pyrrole nitrogens is 1. The van der Waals surface area contributed by atoms with E-state index in [0.29, 0.717) is 18.2 Å². The van der Waals surface area contributed by atoms with E-state index in [1.165, 1.54) is 16.7 Å². The molecule has 202 valence electrons. The van der Waals surface area contributed by atoms with Gasteiger partial charge in [-0.05, 0) is 69.7 Å². The summed E-state index contributed by atoms with van der Waals surface area (Å²) in [7, 11) is 1.64. The van der Waals surface area contributed by atoms with E-state index < -0.39 is 0 Å². The van der Waals surface area contributed by atoms with Crippen LogP contribution in [-0.4, -0.2) is 72.0 Å². The molecule has 7 heteroatoms. The Kier molecular flexibility index (Phi) is 8.03. The number of nitrogens with zero attached hydrogens (tertiary/aromatic N) is 2. The zero-order valence-electron chi connectivity index (χ0n) is 22.9. The molecule has 0 spiro atoms. The molecule has 0 atom stereocenters. The standard InChI is InChI=1S/C31H40N4O3/c1-21-16-22(2)18-23(17-21)4-7-30(36)35-14-10-26(11-15-35)34-12-8-25(9-13-34)32-31(37)29-19-24-5-6-27(38-3)20-28(24)33-29/h5-6,16-20,25-26,33H,4,7-15H2,1-3H3,(H,32,37). The Morgan fingerprint density at radius 3 is 2.34 bits per heavy atom. The van der Waals surface area contributed by atoms with Crippen LogP contribution in [0.1, 0.15) is 59.3 Å². The van der Waals surface area contributed by atoms with E-state index in [0.717, 1.165) is 74.9 Å². The number of likely N-dealkylation sites (tertiary alicyclic amines) is 2. The van der Waals surface area contributed by atoms with Crippen molar-refractivity contribution in [2.75, 3.05) is 33.3 Å². The number of ether oxygens (including phenoxy) is 1. The van der Waals surface area contributed by atoms with Crippen molar-refractivity contribution in [1.82, 2.24) is 20.1 Å². The molecule has 2 amide bonds. The maximum Gasteiger partial charge on any atom is 0.267 e. The van der Waals surface area contributed by atoms with E-state index in [1.54, 1.807) is 7.11 Å². The maximum absolute atomic E-state index is 12.9. The third-order valence-electron chi connectivity index (χ3n) is 8.18. The van der Waals surface area contributed by atoms with Gasteiger partial charge in [0.25, 0.3) is 5.91 Å². The molecule has 2 aromatic carbocycles. The van der Waals surface area contributed by atoms with E-state index >= 15 is 0 Å². The number of aromatic amines is 1. The van der Waals surface area contributed by atoms with Gasteiger partial charge in [0.15, 0.2) is 0 Å². The Balaban J connectivity index is 1.04. The van der Waals surface area contributed by atoms with Gasteiger partial charge in [-0.3, -0.25) is 9.59 Å². The number of methoxy groups -OCH3 is 1. The van der Waals surface area contributed by atoms with Gasteiger partial charge < -0.3 is 24.8 Å². The van der Waals surface area contributed by atoms with E-state index in [-0.39, 0.29) is 17.9 Å². The topological polar surface area (TPSA) is 77.7 Å². The first-order valence-corrected chi connectivity index (χ1v) is 13.9. The molecule has 0 bridgehead atoms. The number of carbonyl (C=O) groups is 2. The van der Waals surface area contributed by atoms with Gasteiger partial charge in [-0.2, -0.15) is 0 Å². The lowest BCUT2D eigenvalue weighted by molar-refractivity contribution is -0.132. The zero-order chi connectivity index (χ0) is 26.6. The molecule has 0 saturated carbocycles. The van der Waals surface area contributed by atoms with Crippen LogP contribution in [0, 0.1) is 13.8 Å². The van der Waals surface area contributed by atoms with Gasteiger partial charge in [0.2, 0.25) is 5.91 Å². The van der Waals surface area contributed by atoms with Crippen molar-refractivity contribution in [3.05, 3.63) is 64.8 Å². The summed E-state index contributed by atoms with van der Waals surface area (Å²) in [5.41, 5.74) is 5.26. The number of rotatable bonds is 7. The Morgan fingerprint density at radius 1 is 0.947 bits per heavy atom. The number of hydrogen-bond donors (Lipinski definition) is 2. The summed E-state index contributed by atoms with van der Waals surface area (Å²) in [4.78, 5) is 33.6. The fourth-order valence-corrected chi connectivity index (χ4v) is 6.13. The van der Waals surface area contributed by atoms with E-state index in [2.05, 4.69) is 52.1 Å². The second kappa shape index (κ2) is 11.6. The molecule has 2 fully saturated rings. The van der Waals surface area contributed by atoms with Crippen LogP contribution >= 0.6 is 0 Å². The predicted molar refractivity (Wildman–Crippen MR) is 151 cm³/mol. The van der Waals surface area contributed by atoms with Crippen LogP contribution in [-0.2, 0) is 11.2 Å². The van der Waals surface area contributed by atoms with Crippen LogP contribution in [0.3, 0.4) is 0 Å². The van der Waals surface area contributed by atoms with Crippen molar-refractivity contribution in [3.8, 4) is 5.75 Å². The number of fused-ring (bicyclic) bond motifs is 1. The summed E-state index contributed by atoms with van der Waals surface area (Å²) in [6.07, 6.45) is 5.37. The highest BCUT2D eigenvalue weighted by atomic mass is 16.5. The lowest BCUT2D eigenvalue weighted by Crippen LogP contribution is -2.51. The molecular weight excluding hydrogens is 476 g/mol. The molecular formula is C31H40N4O3. The van der Waals surface area contributed by atoms with Gasteiger partial charge in [0.05, 0.1) is 7.11 Å². The van der Waals surface area contributed by atoms with Crippen LogP contribution in [0.4, 0.5) is 0 Å². The monoisotopic (exact) mass is 516 g/mol. The van der Waals surface area contributed by atoms with Crippen LogP contribution in [0.2, 0.25) is 0 Å². The number of aromatic nitrogens is 1. The Morgan fingerprint density at radius 2 is 1.66 bits per heavy atom. The first-order chi connectivity index (χ1) is 18.4. The third kappa shape index (κ3) is 6.21. The Labute approximate surface area is 225 Å². The molecule has 1 aromatic heterocycles. The molecule has 2 aliphatic heterocycles. The van der Waals surface area contributed by atoms with Crippen molar-refractivity contribution in [2.24, 2.45) is 0 Å². The number of amides is 2. The quantitative estimate of drug-likeness (QED) is 0.481. The van der Waals surface area contributed by atoms with Crippen LogP contribution < -0.4 is 10.1 Å². The van der Waals surface area contributed by atoms with Crippen LogP contribution in [0.5, 0.6) is 5.75 Å². The number of nitrogens with one attached hydrogen (secondary N) is 2. The summed E-state index contributed by atoms with van der Waals surface area (Å²) in [5.74, 6) is 0.997. The van der Waals surface area contributed by atoms with E-state index in [4.69, 9.17) is 4.74 Å². The van der Waals surface area contributed by atoms with Crippen molar-refractivity contribution in [3.63, 3.8) is 0 Å². The van der Waals surface area contributed by atoms with Gasteiger partial charge >= 0.3 is 0 Å². The van der Waals surface area contributed by atoms with Crippen LogP contribution in [0.15, 0.2) is 42.5 Å². The predicted octanol–water partition coefficient (Wildman–Crippen LogP) is 4.61. The minimum atomic E-state index is -0.0498. The van der Waals surface area contributed by atoms with Crippen molar-refractivity contribution in [2.45, 2.75) is 64.5 Å². The number of benzene rings is 2. The molecule has 5 rings (SSSR count). The SMILES string of the molecule is COc1ccc2cc(C(=O)NC3CCN(C4CCN(C(=O)CCc5cc(C)cc(C)c5)CC4)CC3)[nH]c2c1. The molecule has 7 nitrogen and oxygen atoms in total. The third-order valence-corrected chi connectivity index (χ3v) is 8.18. The van der Waals surface area contributed by atoms with Gasteiger partial charge in [-0.15, -0.1) is 0 Å². The lowest BCUT2D eigenvalue weighted by atomic mass is 9.97. The smallest absolute Gasteiger partial charge is 0.267 e. The molecule has 2 saturated heterocycles. The van der Waals surface area contributed by atoms with Crippen LogP contribution in [0.25, 0.3) is 10.9 Å². The molecule has 3 aromatic rings. The average Bonchev–Trinajstić information content (AvgIpc) is 3.35. The minimum absolute atomic E-state index is 0.0498. The summed E-state index contributed by atoms with van der Waals surface area (Å²) >= 11 is 0. The summed E-state index contributed by atoms with van der Waals surface area (Å²) in [6.45, 7) is 7.89. The number of aryl methyl sites for hydroxylation is 3. The van der Waals surface area contributed by atoms with E-state index in [1.807, 2.05) is 24.3 Å². The Bertz CT molecular complexity index is 1260. The number of hydrogen-bond acceptors (Lipinski definition) is 4. The highest BCUT2D eigenvalue weighted by Crippen LogP contribution is 2.24. The second-order valence-corrected chi connectivity index (χ2v) is 11.0. The molecule has 0 unspecified atom stereocenters. The fourth-order valence-electron chi connectivity index (χ4n) is 6.13. The van der Waals surface area contributed by atoms with Crippen molar-refractivity contribution in [1.29, 1.82) is 0 Å². The fraction of sp³-hybridized carbons (Fsp3) is 0.484. The number of carbonyl (C=O) groups excluding carboxylic acids is 2. The van der Waals surface area contributed by atoms with Gasteiger partial charge in [0.1, 0.15) is 11.4 Å². The second-order valence-electron chi connectivity index (χ2n) is 11.0. The van der Waals surface area contributed by atoms with Gasteiger partial charge in [-0.25, -0.2) is 0 Å². The maximum atomic E-state index is 12.9. The number of piperidine rings is 2. The summed E-state index contributed by atoms with van der Waals surface area (Å²) in [6, 6.07) is 14.9. The summed E-state index contributed by atoms with van der Waals surface area (Å²) < 4.78 is 5.28. The zero-order valence-corrected chi connectivity index (χ0v) is 22.9. The first-order valence-electron chi connectivity index (χ1n) is 13.9. The highest BCUT2D eigenvalue weighted by Gasteiger charge is 2.30. The molecule has 38 heavy (non-hydrogen) atoms. The molecule has 2 aliphatic rings. The van der Waals surface area contributed by atoms with Gasteiger partial charge in [-0.1, -0.05) is 29.3 Å². The molecule has 2 N–H and O–H groups in total. The van der Waals surface area contributed by atoms with Crippen molar-refractivity contribution < 1.29 is 14.3 Å². The van der Waals surface area contributed by atoms with Gasteiger partial charge in [0, 0.05) is 61.7 Å². The molecule has 0 aliphatic carbocycles. The average molecular weight is 517 g/mol. The normalized spacial score (nSPS) is 17.6. The minimum Gasteiger partial charge on any atom is -0.497 e.